The zero-order valence-electron chi connectivity index (χ0n) is 10.1. The second-order valence-corrected chi connectivity index (χ2v) is 6.26. The molecule has 1 rings (SSSR count). The fraction of sp³-hybridized carbons (Fsp3) is 0.364. The SMILES string of the molecule is CC(CN)N(C)S(=O)(=O)c1ccc(C#N)c(Cl)c1. The summed E-state index contributed by atoms with van der Waals surface area (Å²) in [6, 6.07) is 5.58. The normalized spacial score (nSPS) is 13.3. The Kier molecular flexibility index (Phi) is 4.71. The summed E-state index contributed by atoms with van der Waals surface area (Å²) in [5.41, 5.74) is 5.69. The highest BCUT2D eigenvalue weighted by atomic mass is 35.5. The number of hydrogen-bond acceptors (Lipinski definition) is 4. The lowest BCUT2D eigenvalue weighted by molar-refractivity contribution is 0.394. The Morgan fingerprint density at radius 1 is 1.56 bits per heavy atom. The number of likely N-dealkylation sites (N-methyl/N-ethyl adjacent to an activating group) is 1. The predicted molar refractivity (Wildman–Crippen MR) is 69.6 cm³/mol. The number of sulfonamides is 1. The molecule has 7 heteroatoms. The largest absolute Gasteiger partial charge is 0.329 e. The first-order valence-corrected chi connectivity index (χ1v) is 7.04. The molecule has 0 aliphatic rings. The van der Waals surface area contributed by atoms with Crippen LogP contribution in [0.2, 0.25) is 5.02 Å². The summed E-state index contributed by atoms with van der Waals surface area (Å²) in [6.07, 6.45) is 0. The van der Waals surface area contributed by atoms with Crippen LogP contribution in [0, 0.1) is 11.3 Å². The molecule has 0 heterocycles. The van der Waals surface area contributed by atoms with Gasteiger partial charge in [-0.1, -0.05) is 11.6 Å². The number of nitriles is 1. The van der Waals surface area contributed by atoms with Gasteiger partial charge in [0.1, 0.15) is 6.07 Å². The van der Waals surface area contributed by atoms with Gasteiger partial charge in [0.15, 0.2) is 0 Å². The first-order chi connectivity index (χ1) is 8.34. The Morgan fingerprint density at radius 2 is 2.17 bits per heavy atom. The second kappa shape index (κ2) is 5.67. The van der Waals surface area contributed by atoms with E-state index in [2.05, 4.69) is 0 Å². The number of nitrogens with two attached hydrogens (primary N) is 1. The summed E-state index contributed by atoms with van der Waals surface area (Å²) in [6.45, 7) is 1.93. The lowest BCUT2D eigenvalue weighted by Gasteiger charge is -2.23. The predicted octanol–water partition coefficient (Wildman–Crippen LogP) is 1.18. The van der Waals surface area contributed by atoms with Crippen LogP contribution in [-0.4, -0.2) is 32.4 Å². The first kappa shape index (κ1) is 14.9. The standard InChI is InChI=1S/C11H14ClN3O2S/c1-8(6-13)15(2)18(16,17)10-4-3-9(7-14)11(12)5-10/h3-5,8H,6,13H2,1-2H3. The Bertz CT molecular complexity index is 580. The highest BCUT2D eigenvalue weighted by Gasteiger charge is 2.25. The molecule has 0 amide bonds. The van der Waals surface area contributed by atoms with Gasteiger partial charge in [-0.25, -0.2) is 8.42 Å². The number of halogens is 1. The van der Waals surface area contributed by atoms with Crippen molar-refractivity contribution in [2.75, 3.05) is 13.6 Å². The third kappa shape index (κ3) is 2.82. The topological polar surface area (TPSA) is 87.2 Å². The molecule has 1 aromatic rings. The molecular formula is C11H14ClN3O2S. The van der Waals surface area contributed by atoms with E-state index < -0.39 is 10.0 Å². The van der Waals surface area contributed by atoms with Crippen molar-refractivity contribution in [3.63, 3.8) is 0 Å². The number of nitrogens with zero attached hydrogens (tertiary/aromatic N) is 2. The molecule has 0 aliphatic heterocycles. The van der Waals surface area contributed by atoms with E-state index >= 15 is 0 Å². The first-order valence-electron chi connectivity index (χ1n) is 5.22. The Labute approximate surface area is 112 Å². The van der Waals surface area contributed by atoms with E-state index in [9.17, 15) is 8.42 Å². The van der Waals surface area contributed by atoms with Crippen LogP contribution in [0.4, 0.5) is 0 Å². The highest BCUT2D eigenvalue weighted by molar-refractivity contribution is 7.89. The van der Waals surface area contributed by atoms with Crippen molar-refractivity contribution in [1.29, 1.82) is 5.26 Å². The summed E-state index contributed by atoms with van der Waals surface area (Å²) in [4.78, 5) is 0.0503. The molecule has 0 radical (unpaired) electrons. The number of benzene rings is 1. The van der Waals surface area contributed by atoms with Crippen LogP contribution in [0.1, 0.15) is 12.5 Å². The second-order valence-electron chi connectivity index (χ2n) is 3.86. The van der Waals surface area contributed by atoms with Crippen molar-refractivity contribution in [2.24, 2.45) is 5.73 Å². The molecule has 2 N–H and O–H groups in total. The van der Waals surface area contributed by atoms with Gasteiger partial charge >= 0.3 is 0 Å². The Morgan fingerprint density at radius 3 is 2.61 bits per heavy atom. The molecular weight excluding hydrogens is 274 g/mol. The van der Waals surface area contributed by atoms with E-state index in [1.807, 2.05) is 6.07 Å². The van der Waals surface area contributed by atoms with Crippen molar-refractivity contribution in [1.82, 2.24) is 4.31 Å². The zero-order valence-corrected chi connectivity index (χ0v) is 11.7. The third-order valence-electron chi connectivity index (χ3n) is 2.70. The van der Waals surface area contributed by atoms with E-state index in [4.69, 9.17) is 22.6 Å². The van der Waals surface area contributed by atoms with Crippen molar-refractivity contribution in [3.05, 3.63) is 28.8 Å². The molecule has 0 aliphatic carbocycles. The Balaban J connectivity index is 3.22. The van der Waals surface area contributed by atoms with Gasteiger partial charge in [0.2, 0.25) is 10.0 Å². The van der Waals surface area contributed by atoms with Crippen LogP contribution in [0.3, 0.4) is 0 Å². The molecule has 18 heavy (non-hydrogen) atoms. The molecule has 0 bridgehead atoms. The molecule has 1 aromatic carbocycles. The van der Waals surface area contributed by atoms with Crippen molar-refractivity contribution >= 4 is 21.6 Å². The number of hydrogen-bond donors (Lipinski definition) is 1. The minimum absolute atomic E-state index is 0.0503. The maximum Gasteiger partial charge on any atom is 0.243 e. The van der Waals surface area contributed by atoms with E-state index in [-0.39, 0.29) is 28.1 Å². The van der Waals surface area contributed by atoms with Crippen LogP contribution in [0.15, 0.2) is 23.1 Å². The Hall–Kier alpha value is -1.13. The molecule has 5 nitrogen and oxygen atoms in total. The van der Waals surface area contributed by atoms with E-state index in [1.54, 1.807) is 6.92 Å². The van der Waals surface area contributed by atoms with Gasteiger partial charge in [0.05, 0.1) is 15.5 Å². The van der Waals surface area contributed by atoms with Gasteiger partial charge in [0.25, 0.3) is 0 Å². The monoisotopic (exact) mass is 287 g/mol. The maximum atomic E-state index is 12.2. The number of rotatable bonds is 4. The summed E-state index contributed by atoms with van der Waals surface area (Å²) < 4.78 is 25.6. The molecule has 0 fully saturated rings. The quantitative estimate of drug-likeness (QED) is 0.901. The van der Waals surface area contributed by atoms with Crippen LogP contribution >= 0.6 is 11.6 Å². The molecule has 0 aromatic heterocycles. The van der Waals surface area contributed by atoms with Crippen molar-refractivity contribution < 1.29 is 8.42 Å². The maximum absolute atomic E-state index is 12.2. The lowest BCUT2D eigenvalue weighted by Crippen LogP contribution is -2.39. The molecule has 1 atom stereocenters. The van der Waals surface area contributed by atoms with Gasteiger partial charge in [-0.15, -0.1) is 0 Å². The van der Waals surface area contributed by atoms with Crippen molar-refractivity contribution in [2.45, 2.75) is 17.9 Å². The summed E-state index contributed by atoms with van der Waals surface area (Å²) in [5.74, 6) is 0. The van der Waals surface area contributed by atoms with Crippen molar-refractivity contribution in [3.8, 4) is 6.07 Å². The average Bonchev–Trinajstić information content (AvgIpc) is 2.36. The molecule has 1 unspecified atom stereocenters. The lowest BCUT2D eigenvalue weighted by atomic mass is 10.2. The molecule has 0 saturated carbocycles. The zero-order chi connectivity index (χ0) is 13.9. The van der Waals surface area contributed by atoms with Crippen LogP contribution in [-0.2, 0) is 10.0 Å². The van der Waals surface area contributed by atoms with E-state index in [1.165, 1.54) is 29.6 Å². The summed E-state index contributed by atoms with van der Waals surface area (Å²) >= 11 is 5.82. The molecule has 0 spiro atoms. The molecule has 0 saturated heterocycles. The smallest absolute Gasteiger partial charge is 0.243 e. The van der Waals surface area contributed by atoms with E-state index in [0.29, 0.717) is 0 Å². The summed E-state index contributed by atoms with van der Waals surface area (Å²) in [5, 5.41) is 8.85. The van der Waals surface area contributed by atoms with E-state index in [0.717, 1.165) is 0 Å². The average molecular weight is 288 g/mol. The van der Waals surface area contributed by atoms with Gasteiger partial charge < -0.3 is 5.73 Å². The fourth-order valence-corrected chi connectivity index (χ4v) is 2.99. The molecule has 98 valence electrons. The van der Waals surface area contributed by atoms with Gasteiger partial charge in [-0.05, 0) is 25.1 Å². The van der Waals surface area contributed by atoms with Crippen LogP contribution < -0.4 is 5.73 Å². The van der Waals surface area contributed by atoms with Crippen LogP contribution in [0.5, 0.6) is 0 Å². The fourth-order valence-electron chi connectivity index (χ4n) is 1.30. The van der Waals surface area contributed by atoms with Gasteiger partial charge in [0, 0.05) is 19.6 Å². The summed E-state index contributed by atoms with van der Waals surface area (Å²) in [7, 11) is -2.18. The minimum Gasteiger partial charge on any atom is -0.329 e. The van der Waals surface area contributed by atoms with Crippen LogP contribution in [0.25, 0.3) is 0 Å². The highest BCUT2D eigenvalue weighted by Crippen LogP contribution is 2.23. The van der Waals surface area contributed by atoms with Gasteiger partial charge in [-0.2, -0.15) is 9.57 Å². The van der Waals surface area contributed by atoms with Gasteiger partial charge in [-0.3, -0.25) is 0 Å². The third-order valence-corrected chi connectivity index (χ3v) is 4.98. The minimum atomic E-state index is -3.64.